The zero-order valence-electron chi connectivity index (χ0n) is 8.67. The van der Waals surface area contributed by atoms with Crippen LogP contribution in [-0.2, 0) is 0 Å². The van der Waals surface area contributed by atoms with E-state index in [9.17, 15) is 15.0 Å². The first kappa shape index (κ1) is 12.8. The number of hydrogen-bond donors (Lipinski definition) is 3. The molecule has 4 nitrogen and oxygen atoms in total. The van der Waals surface area contributed by atoms with Gasteiger partial charge >= 0.3 is 0 Å². The van der Waals surface area contributed by atoms with Crippen molar-refractivity contribution in [3.8, 4) is 11.5 Å². The number of carbonyl (C=O) groups excluding carboxylic acids is 1. The maximum Gasteiger partial charge on any atom is 0.250 e. The van der Waals surface area contributed by atoms with Crippen LogP contribution in [0.5, 0.6) is 11.5 Å². The summed E-state index contributed by atoms with van der Waals surface area (Å²) in [6.45, 7) is 0. The summed E-state index contributed by atoms with van der Waals surface area (Å²) < 4.78 is -1.78. The molecule has 1 aromatic carbocycles. The predicted molar refractivity (Wildman–Crippen MR) is 64.7 cm³/mol. The van der Waals surface area contributed by atoms with Crippen molar-refractivity contribution in [3.05, 3.63) is 17.7 Å². The van der Waals surface area contributed by atoms with Crippen LogP contribution in [0, 0.1) is 0 Å². The summed E-state index contributed by atoms with van der Waals surface area (Å²) in [4.78, 5) is 12.7. The summed E-state index contributed by atoms with van der Waals surface area (Å²) >= 11 is 17.3. The average molecular weight is 298 g/mol. The van der Waals surface area contributed by atoms with Gasteiger partial charge in [0.2, 0.25) is 15.6 Å². The number of benzene rings is 1. The second kappa shape index (κ2) is 3.92. The first-order chi connectivity index (χ1) is 7.75. The highest BCUT2D eigenvalue weighted by Gasteiger charge is 2.53. The van der Waals surface area contributed by atoms with Crippen molar-refractivity contribution >= 4 is 46.3 Å². The van der Waals surface area contributed by atoms with Crippen molar-refractivity contribution in [3.63, 3.8) is 0 Å². The molecule has 0 aliphatic carbocycles. The number of alkyl halides is 3. The van der Waals surface area contributed by atoms with Gasteiger partial charge < -0.3 is 10.2 Å². The number of phenolic OH excluding ortho intramolecular Hbond substituents is 2. The number of Topliss-reactive ketones (excluding diaryl/α,β-unsaturated/α-hetero) is 1. The quantitative estimate of drug-likeness (QED) is 0.383. The fraction of sp³-hybridized carbons (Fsp3) is 0.300. The van der Waals surface area contributed by atoms with E-state index in [1.165, 1.54) is 12.1 Å². The monoisotopic (exact) mass is 296 g/mol. The van der Waals surface area contributed by atoms with Crippen molar-refractivity contribution in [2.24, 2.45) is 0 Å². The Morgan fingerprint density at radius 3 is 2.41 bits per heavy atom. The molecule has 0 fully saturated rings. The smallest absolute Gasteiger partial charge is 0.250 e. The number of rotatable bonds is 0. The molecule has 2 rings (SSSR count). The summed E-state index contributed by atoms with van der Waals surface area (Å²) in [6.07, 6.45) is 0. The van der Waals surface area contributed by atoms with E-state index in [-0.39, 0.29) is 11.3 Å². The molecule has 2 atom stereocenters. The number of fused-ring (bicyclic) bond motifs is 1. The molecule has 92 valence electrons. The van der Waals surface area contributed by atoms with Crippen LogP contribution in [0.3, 0.4) is 0 Å². The SMILES string of the molecule is C[NH+]1c2ccc(O)c(O)c2C(=O)C1C(Cl)(Cl)Cl. The van der Waals surface area contributed by atoms with Crippen LogP contribution in [0.4, 0.5) is 5.69 Å². The number of ketones is 1. The fourth-order valence-corrected chi connectivity index (χ4v) is 2.84. The molecule has 2 unspecified atom stereocenters. The fourth-order valence-electron chi connectivity index (χ4n) is 2.05. The van der Waals surface area contributed by atoms with Crippen LogP contribution in [0.25, 0.3) is 0 Å². The first-order valence-electron chi connectivity index (χ1n) is 4.74. The van der Waals surface area contributed by atoms with Gasteiger partial charge in [0.15, 0.2) is 11.5 Å². The largest absolute Gasteiger partial charge is 0.504 e. The van der Waals surface area contributed by atoms with Crippen LogP contribution in [0.1, 0.15) is 10.4 Å². The molecule has 0 saturated heterocycles. The predicted octanol–water partition coefficient (Wildman–Crippen LogP) is 1.18. The summed E-state index contributed by atoms with van der Waals surface area (Å²) in [5, 5.41) is 19.0. The number of hydrogen-bond acceptors (Lipinski definition) is 3. The molecule has 0 radical (unpaired) electrons. The Morgan fingerprint density at radius 1 is 1.29 bits per heavy atom. The van der Waals surface area contributed by atoms with Gasteiger partial charge in [-0.3, -0.25) is 9.69 Å². The van der Waals surface area contributed by atoms with Crippen LogP contribution < -0.4 is 4.90 Å². The first-order valence-corrected chi connectivity index (χ1v) is 5.88. The van der Waals surface area contributed by atoms with Crippen LogP contribution in [0.15, 0.2) is 12.1 Å². The minimum absolute atomic E-state index is 0.0128. The molecule has 1 aromatic rings. The average Bonchev–Trinajstić information content (AvgIpc) is 2.44. The number of likely N-dealkylation sites (N-methyl/N-ethyl adjacent to an activating group) is 1. The van der Waals surface area contributed by atoms with E-state index >= 15 is 0 Å². The van der Waals surface area contributed by atoms with Crippen molar-refractivity contribution in [2.75, 3.05) is 7.05 Å². The van der Waals surface area contributed by atoms with Crippen LogP contribution in [-0.4, -0.2) is 32.9 Å². The van der Waals surface area contributed by atoms with E-state index in [1.54, 1.807) is 7.05 Å². The van der Waals surface area contributed by atoms with Gasteiger partial charge in [0.05, 0.1) is 7.05 Å². The molecule has 0 amide bonds. The molecule has 0 bridgehead atoms. The van der Waals surface area contributed by atoms with Gasteiger partial charge in [-0.15, -0.1) is 0 Å². The molecule has 1 heterocycles. The van der Waals surface area contributed by atoms with E-state index < -0.39 is 21.4 Å². The molecule has 1 aliphatic rings. The highest BCUT2D eigenvalue weighted by Crippen LogP contribution is 2.40. The van der Waals surface area contributed by atoms with Crippen molar-refractivity contribution in [1.82, 2.24) is 0 Å². The van der Waals surface area contributed by atoms with Gasteiger partial charge in [-0.05, 0) is 6.07 Å². The molecular formula is C10H9Cl3NO3+. The summed E-state index contributed by atoms with van der Waals surface area (Å²) in [7, 11) is 1.66. The lowest BCUT2D eigenvalue weighted by atomic mass is 10.1. The number of nitrogens with one attached hydrogen (secondary N) is 1. The summed E-state index contributed by atoms with van der Waals surface area (Å²) in [5.74, 6) is -1.33. The molecule has 3 N–H and O–H groups in total. The third-order valence-corrected chi connectivity index (χ3v) is 3.51. The minimum Gasteiger partial charge on any atom is -0.504 e. The van der Waals surface area contributed by atoms with E-state index in [1.807, 2.05) is 0 Å². The lowest BCUT2D eigenvalue weighted by molar-refractivity contribution is -0.823. The molecule has 7 heteroatoms. The highest BCUT2D eigenvalue weighted by atomic mass is 35.6. The van der Waals surface area contributed by atoms with E-state index in [0.29, 0.717) is 10.6 Å². The zero-order valence-corrected chi connectivity index (χ0v) is 10.9. The van der Waals surface area contributed by atoms with E-state index in [4.69, 9.17) is 34.8 Å². The van der Waals surface area contributed by atoms with Gasteiger partial charge in [0.1, 0.15) is 11.3 Å². The third-order valence-electron chi connectivity index (χ3n) is 2.85. The normalized spacial score (nSPS) is 23.9. The Labute approximate surface area is 112 Å². The number of aromatic hydroxyl groups is 2. The minimum atomic E-state index is -1.78. The summed E-state index contributed by atoms with van der Waals surface area (Å²) in [6, 6.07) is 1.88. The van der Waals surface area contributed by atoms with Gasteiger partial charge in [0, 0.05) is 6.07 Å². The molecule has 1 aliphatic heterocycles. The molecule has 0 spiro atoms. The standard InChI is InChI=1S/C10H8Cl3NO3/c1-14-4-2-3-5(15)7(16)6(4)8(17)9(14)10(11,12)13/h2-3,9,15-16H,1H3/p+1. The zero-order chi connectivity index (χ0) is 13.0. The van der Waals surface area contributed by atoms with Crippen molar-refractivity contribution < 1.29 is 19.9 Å². The van der Waals surface area contributed by atoms with Gasteiger partial charge in [-0.1, -0.05) is 34.8 Å². The third kappa shape index (κ3) is 1.85. The second-order valence-electron chi connectivity index (χ2n) is 3.88. The van der Waals surface area contributed by atoms with Crippen LogP contribution >= 0.6 is 34.8 Å². The van der Waals surface area contributed by atoms with Crippen molar-refractivity contribution in [2.45, 2.75) is 9.83 Å². The van der Waals surface area contributed by atoms with Gasteiger partial charge in [-0.2, -0.15) is 0 Å². The maximum atomic E-state index is 12.1. The molecule has 17 heavy (non-hydrogen) atoms. The Kier molecular flexibility index (Phi) is 2.94. The Balaban J connectivity index is 2.61. The topological polar surface area (TPSA) is 62.0 Å². The highest BCUT2D eigenvalue weighted by molar-refractivity contribution is 6.69. The Bertz CT molecular complexity index is 498. The lowest BCUT2D eigenvalue weighted by Gasteiger charge is -2.21. The van der Waals surface area contributed by atoms with Crippen LogP contribution in [0.2, 0.25) is 0 Å². The van der Waals surface area contributed by atoms with Gasteiger partial charge in [0.25, 0.3) is 0 Å². The number of halogens is 3. The lowest BCUT2D eigenvalue weighted by Crippen LogP contribution is -3.09. The Hall–Kier alpha value is -0.680. The van der Waals surface area contributed by atoms with Gasteiger partial charge in [-0.25, -0.2) is 0 Å². The molecule has 0 aromatic heterocycles. The maximum absolute atomic E-state index is 12.1. The number of phenols is 2. The number of quaternary nitrogens is 1. The van der Waals surface area contributed by atoms with E-state index in [2.05, 4.69) is 0 Å². The molecular weight excluding hydrogens is 288 g/mol. The van der Waals surface area contributed by atoms with Crippen molar-refractivity contribution in [1.29, 1.82) is 0 Å². The Morgan fingerprint density at radius 2 is 1.88 bits per heavy atom. The van der Waals surface area contributed by atoms with E-state index in [0.717, 1.165) is 0 Å². The molecule has 0 saturated carbocycles. The number of carbonyl (C=O) groups is 1. The second-order valence-corrected chi connectivity index (χ2v) is 6.25. The summed E-state index contributed by atoms with van der Waals surface area (Å²) in [5.41, 5.74) is 0.514.